The molecular weight excluding hydrogens is 531 g/mol. The molecule has 6 nitrogen and oxygen atoms in total. The molecular formula is C17H24BrIN4O2S. The second-order valence-corrected chi connectivity index (χ2v) is 7.34. The van der Waals surface area contributed by atoms with Gasteiger partial charge in [0.1, 0.15) is 0 Å². The number of nitrogens with zero attached hydrogens (tertiary/aromatic N) is 3. The molecule has 0 spiro atoms. The maximum Gasteiger partial charge on any atom is 0.194 e. The third-order valence-electron chi connectivity index (χ3n) is 3.58. The third kappa shape index (κ3) is 5.98. The topological polar surface area (TPSA) is 59.0 Å². The molecule has 0 aliphatic rings. The molecule has 1 aromatic carbocycles. The first kappa shape index (κ1) is 23.0. The van der Waals surface area contributed by atoms with E-state index in [1.54, 1.807) is 32.6 Å². The van der Waals surface area contributed by atoms with Crippen LogP contribution in [0.1, 0.15) is 16.3 Å². The van der Waals surface area contributed by atoms with E-state index in [9.17, 15) is 0 Å². The minimum absolute atomic E-state index is 0. The van der Waals surface area contributed by atoms with Crippen molar-refractivity contribution in [1.29, 1.82) is 0 Å². The summed E-state index contributed by atoms with van der Waals surface area (Å²) < 4.78 is 11.6. The van der Waals surface area contributed by atoms with E-state index in [-0.39, 0.29) is 24.0 Å². The van der Waals surface area contributed by atoms with Gasteiger partial charge in [0.25, 0.3) is 0 Å². The monoisotopic (exact) mass is 554 g/mol. The number of aryl methyl sites for hydroxylation is 1. The zero-order valence-corrected chi connectivity index (χ0v) is 20.2. The van der Waals surface area contributed by atoms with Gasteiger partial charge in [0, 0.05) is 26.0 Å². The lowest BCUT2D eigenvalue weighted by Crippen LogP contribution is -2.38. The van der Waals surface area contributed by atoms with Crippen molar-refractivity contribution in [2.75, 3.05) is 28.3 Å². The molecule has 0 bridgehead atoms. The van der Waals surface area contributed by atoms with E-state index in [0.29, 0.717) is 24.6 Å². The van der Waals surface area contributed by atoms with Crippen molar-refractivity contribution < 1.29 is 9.47 Å². The van der Waals surface area contributed by atoms with Crippen molar-refractivity contribution in [3.05, 3.63) is 38.3 Å². The number of benzene rings is 1. The van der Waals surface area contributed by atoms with Gasteiger partial charge in [-0.2, -0.15) is 0 Å². The number of rotatable bonds is 6. The number of halogens is 2. The Labute approximate surface area is 184 Å². The molecule has 2 rings (SSSR count). The van der Waals surface area contributed by atoms with Gasteiger partial charge in [0.15, 0.2) is 17.5 Å². The molecule has 1 heterocycles. The number of aliphatic imine (C=N–C) groups is 1. The number of methoxy groups -OCH3 is 2. The summed E-state index contributed by atoms with van der Waals surface area (Å²) in [4.78, 5) is 10.9. The number of ether oxygens (including phenoxy) is 2. The summed E-state index contributed by atoms with van der Waals surface area (Å²) in [7, 11) is 7.02. The molecule has 1 N–H and O–H groups in total. The number of hydrogen-bond donors (Lipinski definition) is 1. The molecule has 0 amide bonds. The highest BCUT2D eigenvalue weighted by Crippen LogP contribution is 2.36. The van der Waals surface area contributed by atoms with Crippen LogP contribution in [0.2, 0.25) is 0 Å². The summed E-state index contributed by atoms with van der Waals surface area (Å²) in [5.74, 6) is 2.18. The van der Waals surface area contributed by atoms with E-state index >= 15 is 0 Å². The zero-order chi connectivity index (χ0) is 18.4. The fraction of sp³-hybridized carbons (Fsp3) is 0.412. The van der Waals surface area contributed by atoms with Crippen LogP contribution in [0.15, 0.2) is 27.0 Å². The van der Waals surface area contributed by atoms with Gasteiger partial charge in [-0.15, -0.1) is 35.3 Å². The van der Waals surface area contributed by atoms with Gasteiger partial charge in [-0.05, 0) is 40.5 Å². The van der Waals surface area contributed by atoms with Crippen molar-refractivity contribution >= 4 is 57.2 Å². The van der Waals surface area contributed by atoms with Crippen LogP contribution in [-0.4, -0.2) is 44.2 Å². The maximum absolute atomic E-state index is 5.39. The fourth-order valence-corrected chi connectivity index (χ4v) is 3.69. The Kier molecular flexibility index (Phi) is 9.66. The van der Waals surface area contributed by atoms with Gasteiger partial charge in [0.2, 0.25) is 0 Å². The number of guanidine groups is 1. The maximum atomic E-state index is 5.39. The minimum Gasteiger partial charge on any atom is -0.493 e. The predicted molar refractivity (Wildman–Crippen MR) is 121 cm³/mol. The Morgan fingerprint density at radius 1 is 1.35 bits per heavy atom. The molecule has 26 heavy (non-hydrogen) atoms. The highest BCUT2D eigenvalue weighted by molar-refractivity contribution is 14.0. The van der Waals surface area contributed by atoms with E-state index in [0.717, 1.165) is 26.7 Å². The van der Waals surface area contributed by atoms with Crippen LogP contribution < -0.4 is 14.8 Å². The molecule has 0 radical (unpaired) electrons. The highest BCUT2D eigenvalue weighted by atomic mass is 127. The van der Waals surface area contributed by atoms with Crippen LogP contribution in [-0.2, 0) is 13.1 Å². The molecule has 0 fully saturated rings. The van der Waals surface area contributed by atoms with E-state index in [4.69, 9.17) is 9.47 Å². The molecule has 0 unspecified atom stereocenters. The van der Waals surface area contributed by atoms with Gasteiger partial charge in [-0.3, -0.25) is 4.99 Å². The van der Waals surface area contributed by atoms with Gasteiger partial charge in [-0.1, -0.05) is 0 Å². The van der Waals surface area contributed by atoms with Crippen molar-refractivity contribution in [1.82, 2.24) is 15.2 Å². The average molecular weight is 555 g/mol. The number of aromatic nitrogens is 1. The van der Waals surface area contributed by atoms with Crippen LogP contribution >= 0.6 is 51.2 Å². The Balaban J connectivity index is 0.00000338. The first-order valence-electron chi connectivity index (χ1n) is 7.71. The minimum atomic E-state index is 0. The number of nitrogens with one attached hydrogen (secondary N) is 1. The van der Waals surface area contributed by atoms with E-state index in [1.807, 2.05) is 31.0 Å². The molecule has 0 aliphatic carbocycles. The lowest BCUT2D eigenvalue weighted by Gasteiger charge is -2.21. The molecule has 0 aliphatic heterocycles. The van der Waals surface area contributed by atoms with Gasteiger partial charge in [-0.25, -0.2) is 4.98 Å². The second-order valence-electron chi connectivity index (χ2n) is 5.43. The summed E-state index contributed by atoms with van der Waals surface area (Å²) >= 11 is 5.17. The molecule has 9 heteroatoms. The molecule has 0 atom stereocenters. The number of hydrogen-bond acceptors (Lipinski definition) is 5. The lowest BCUT2D eigenvalue weighted by atomic mass is 10.2. The van der Waals surface area contributed by atoms with E-state index in [2.05, 4.69) is 36.6 Å². The lowest BCUT2D eigenvalue weighted by molar-refractivity contribution is 0.352. The summed E-state index contributed by atoms with van der Waals surface area (Å²) in [5.41, 5.74) is 2.10. The fourth-order valence-electron chi connectivity index (χ4n) is 2.44. The van der Waals surface area contributed by atoms with Crippen LogP contribution in [0.5, 0.6) is 11.5 Å². The quantitative estimate of drug-likeness (QED) is 0.331. The Morgan fingerprint density at radius 3 is 2.62 bits per heavy atom. The molecule has 0 saturated heterocycles. The first-order chi connectivity index (χ1) is 12.0. The van der Waals surface area contributed by atoms with Gasteiger partial charge in [0.05, 0.1) is 35.9 Å². The molecule has 0 saturated carbocycles. The largest absolute Gasteiger partial charge is 0.493 e. The summed E-state index contributed by atoms with van der Waals surface area (Å²) in [5, 5.41) is 6.51. The Hall–Kier alpha value is -1.07. The summed E-state index contributed by atoms with van der Waals surface area (Å²) in [6.07, 6.45) is 0. The zero-order valence-electron chi connectivity index (χ0n) is 15.5. The SMILES string of the molecule is CN=C(NCc1cc(Br)c(OC)c(OC)c1)N(C)Cc1csc(C)n1.I. The van der Waals surface area contributed by atoms with Crippen molar-refractivity contribution in [3.63, 3.8) is 0 Å². The van der Waals surface area contributed by atoms with Crippen LogP contribution in [0.25, 0.3) is 0 Å². The molecule has 2 aromatic rings. The summed E-state index contributed by atoms with van der Waals surface area (Å²) in [6.45, 7) is 3.34. The Morgan fingerprint density at radius 2 is 2.08 bits per heavy atom. The van der Waals surface area contributed by atoms with Crippen molar-refractivity contribution in [3.8, 4) is 11.5 Å². The van der Waals surface area contributed by atoms with Crippen LogP contribution in [0.3, 0.4) is 0 Å². The van der Waals surface area contributed by atoms with Gasteiger partial charge < -0.3 is 19.7 Å². The second kappa shape index (κ2) is 10.9. The van der Waals surface area contributed by atoms with E-state index in [1.165, 1.54) is 0 Å². The van der Waals surface area contributed by atoms with Crippen LogP contribution in [0, 0.1) is 6.92 Å². The molecule has 144 valence electrons. The Bertz CT molecular complexity index is 754. The third-order valence-corrected chi connectivity index (χ3v) is 4.99. The first-order valence-corrected chi connectivity index (χ1v) is 9.39. The average Bonchev–Trinajstić information content (AvgIpc) is 2.99. The molecule has 1 aromatic heterocycles. The number of thiazole rings is 1. The smallest absolute Gasteiger partial charge is 0.194 e. The van der Waals surface area contributed by atoms with E-state index < -0.39 is 0 Å². The van der Waals surface area contributed by atoms with Crippen molar-refractivity contribution in [2.45, 2.75) is 20.0 Å². The van der Waals surface area contributed by atoms with Crippen molar-refractivity contribution in [2.24, 2.45) is 4.99 Å². The summed E-state index contributed by atoms with van der Waals surface area (Å²) in [6, 6.07) is 3.96. The van der Waals surface area contributed by atoms with Gasteiger partial charge >= 0.3 is 0 Å². The van der Waals surface area contributed by atoms with Crippen LogP contribution in [0.4, 0.5) is 0 Å². The highest BCUT2D eigenvalue weighted by Gasteiger charge is 2.12. The predicted octanol–water partition coefficient (Wildman–Crippen LogP) is 4.06. The normalized spacial score (nSPS) is 10.9. The standard InChI is InChI=1S/C17H23BrN4O2S.HI/c1-11-21-13(10-25-11)9-22(3)17(19-2)20-8-12-6-14(18)16(24-5)15(7-12)23-4;/h6-7,10H,8-9H2,1-5H3,(H,19,20);1H.